The molecule has 0 unspecified atom stereocenters. The fourth-order valence-corrected chi connectivity index (χ4v) is 2.48. The fourth-order valence-electron chi connectivity index (χ4n) is 2.48. The van der Waals surface area contributed by atoms with E-state index in [2.05, 4.69) is 9.97 Å². The first-order valence-electron chi connectivity index (χ1n) is 8.78. The zero-order chi connectivity index (χ0) is 19.2. The molecule has 1 heterocycles. The molecule has 0 N–H and O–H groups in total. The summed E-state index contributed by atoms with van der Waals surface area (Å²) < 4.78 is 45.1. The first kappa shape index (κ1) is 20.0. The monoisotopic (exact) mass is 367 g/mol. The maximum Gasteiger partial charge on any atom is 0.423 e. The molecule has 26 heavy (non-hydrogen) atoms. The van der Waals surface area contributed by atoms with Gasteiger partial charge in [-0.1, -0.05) is 37.5 Å². The van der Waals surface area contributed by atoms with Gasteiger partial charge in [0.05, 0.1) is 6.61 Å². The van der Waals surface area contributed by atoms with E-state index in [4.69, 9.17) is 4.74 Å². The number of rotatable bonds is 8. The third kappa shape index (κ3) is 5.09. The molecule has 0 saturated heterocycles. The van der Waals surface area contributed by atoms with Gasteiger partial charge >= 0.3 is 6.18 Å². The van der Waals surface area contributed by atoms with Crippen LogP contribution in [0.1, 0.15) is 44.2 Å². The molecule has 0 aliphatic heterocycles. The number of aromatic nitrogens is 2. The van der Waals surface area contributed by atoms with Gasteiger partial charge in [-0.3, -0.25) is 0 Å². The van der Waals surface area contributed by atoms with Crippen LogP contribution in [0.15, 0.2) is 30.5 Å². The van der Waals surface area contributed by atoms with E-state index in [1.807, 2.05) is 45.0 Å². The van der Waals surface area contributed by atoms with E-state index in [0.29, 0.717) is 13.0 Å². The number of unbranched alkanes of at least 4 members (excludes halogenated alkanes) is 2. The van der Waals surface area contributed by atoms with Crippen LogP contribution in [0.4, 0.5) is 24.8 Å². The van der Waals surface area contributed by atoms with Crippen molar-refractivity contribution < 1.29 is 17.9 Å². The Morgan fingerprint density at radius 1 is 1.08 bits per heavy atom. The Balaban J connectivity index is 2.34. The average molecular weight is 367 g/mol. The first-order valence-corrected chi connectivity index (χ1v) is 8.78. The first-order chi connectivity index (χ1) is 12.4. The van der Waals surface area contributed by atoms with E-state index in [0.717, 1.165) is 30.3 Å². The summed E-state index contributed by atoms with van der Waals surface area (Å²) in [7, 11) is 0. The summed E-state index contributed by atoms with van der Waals surface area (Å²) in [6.07, 6.45) is -1.22. The molecule has 0 aliphatic carbocycles. The number of benzene rings is 1. The minimum Gasteiger partial charge on any atom is -0.477 e. The Kier molecular flexibility index (Phi) is 6.83. The van der Waals surface area contributed by atoms with Gasteiger partial charge in [-0.2, -0.15) is 18.2 Å². The van der Waals surface area contributed by atoms with Crippen LogP contribution in [0.3, 0.4) is 0 Å². The van der Waals surface area contributed by atoms with Crippen LogP contribution in [0, 0.1) is 6.92 Å². The predicted molar refractivity (Wildman–Crippen MR) is 95.9 cm³/mol. The Morgan fingerprint density at radius 3 is 2.35 bits per heavy atom. The van der Waals surface area contributed by atoms with Gasteiger partial charge in [0.1, 0.15) is 5.56 Å². The van der Waals surface area contributed by atoms with E-state index in [1.54, 1.807) is 4.90 Å². The molecule has 0 amide bonds. The summed E-state index contributed by atoms with van der Waals surface area (Å²) in [5.74, 6) is -0.223. The van der Waals surface area contributed by atoms with Gasteiger partial charge in [-0.05, 0) is 32.4 Å². The third-order valence-electron chi connectivity index (χ3n) is 3.94. The molecule has 2 rings (SSSR count). The topological polar surface area (TPSA) is 38.2 Å². The SMILES string of the molecule is CCCCCOc1nc(N(CC)c2ccc(C)cc2)ncc1C(F)(F)F. The Labute approximate surface area is 152 Å². The van der Waals surface area contributed by atoms with Gasteiger partial charge in [0.2, 0.25) is 11.8 Å². The van der Waals surface area contributed by atoms with Crippen molar-refractivity contribution >= 4 is 11.6 Å². The Hall–Kier alpha value is -2.31. The van der Waals surface area contributed by atoms with Crippen molar-refractivity contribution in [3.8, 4) is 5.88 Å². The molecule has 0 radical (unpaired) electrons. The van der Waals surface area contributed by atoms with Crippen molar-refractivity contribution in [1.29, 1.82) is 0 Å². The summed E-state index contributed by atoms with van der Waals surface area (Å²) in [5, 5.41) is 0. The molecular weight excluding hydrogens is 343 g/mol. The highest BCUT2D eigenvalue weighted by atomic mass is 19.4. The molecule has 0 aliphatic rings. The lowest BCUT2D eigenvalue weighted by molar-refractivity contribution is -0.139. The highest BCUT2D eigenvalue weighted by Crippen LogP contribution is 2.36. The number of ether oxygens (including phenoxy) is 1. The van der Waals surface area contributed by atoms with Crippen molar-refractivity contribution in [2.45, 2.75) is 46.2 Å². The summed E-state index contributed by atoms with van der Waals surface area (Å²) in [6.45, 7) is 6.60. The van der Waals surface area contributed by atoms with Crippen molar-refractivity contribution in [3.05, 3.63) is 41.6 Å². The molecule has 142 valence electrons. The molecular formula is C19H24F3N3O. The smallest absolute Gasteiger partial charge is 0.423 e. The Morgan fingerprint density at radius 2 is 1.77 bits per heavy atom. The maximum absolute atomic E-state index is 13.2. The normalized spacial score (nSPS) is 11.5. The van der Waals surface area contributed by atoms with Crippen LogP contribution in [0.2, 0.25) is 0 Å². The number of anilines is 2. The number of aryl methyl sites for hydroxylation is 1. The lowest BCUT2D eigenvalue weighted by Crippen LogP contribution is -2.21. The second-order valence-electron chi connectivity index (χ2n) is 6.02. The number of halogens is 3. The summed E-state index contributed by atoms with van der Waals surface area (Å²) in [6, 6.07) is 7.65. The molecule has 7 heteroatoms. The lowest BCUT2D eigenvalue weighted by Gasteiger charge is -2.22. The predicted octanol–water partition coefficient (Wildman–Crippen LogP) is 5.53. The highest BCUT2D eigenvalue weighted by Gasteiger charge is 2.36. The second kappa shape index (κ2) is 8.87. The van der Waals surface area contributed by atoms with E-state index in [1.165, 1.54) is 0 Å². The molecule has 1 aromatic heterocycles. The van der Waals surface area contributed by atoms with Gasteiger partial charge in [-0.25, -0.2) is 4.98 Å². The van der Waals surface area contributed by atoms with Crippen molar-refractivity contribution in [3.63, 3.8) is 0 Å². The number of nitrogens with zero attached hydrogens (tertiary/aromatic N) is 3. The number of alkyl halides is 3. The molecule has 0 spiro atoms. The lowest BCUT2D eigenvalue weighted by atomic mass is 10.2. The largest absolute Gasteiger partial charge is 0.477 e. The summed E-state index contributed by atoms with van der Waals surface area (Å²) >= 11 is 0. The van der Waals surface area contributed by atoms with Crippen LogP contribution >= 0.6 is 0 Å². The van der Waals surface area contributed by atoms with Gasteiger partial charge in [0.25, 0.3) is 0 Å². The summed E-state index contributed by atoms with van der Waals surface area (Å²) in [5.41, 5.74) is 0.964. The third-order valence-corrected chi connectivity index (χ3v) is 3.94. The molecule has 1 aromatic carbocycles. The van der Waals surface area contributed by atoms with Crippen LogP contribution < -0.4 is 9.64 Å². The van der Waals surface area contributed by atoms with Crippen LogP contribution in [-0.2, 0) is 6.18 Å². The van der Waals surface area contributed by atoms with Gasteiger partial charge in [0.15, 0.2) is 0 Å². The number of hydrogen-bond donors (Lipinski definition) is 0. The molecule has 4 nitrogen and oxygen atoms in total. The minimum atomic E-state index is -4.56. The van der Waals surface area contributed by atoms with Crippen LogP contribution in [0.25, 0.3) is 0 Å². The molecule has 0 fully saturated rings. The standard InChI is InChI=1S/C19H24F3N3O/c1-4-6-7-12-26-17-16(19(20,21)22)13-23-18(24-17)25(5-2)15-10-8-14(3)9-11-15/h8-11,13H,4-7,12H2,1-3H3. The minimum absolute atomic E-state index is 0.190. The van der Waals surface area contributed by atoms with Crippen LogP contribution in [0.5, 0.6) is 5.88 Å². The zero-order valence-electron chi connectivity index (χ0n) is 15.3. The average Bonchev–Trinajstić information content (AvgIpc) is 2.60. The molecule has 0 atom stereocenters. The van der Waals surface area contributed by atoms with Gasteiger partial charge in [0, 0.05) is 18.4 Å². The number of hydrogen-bond acceptors (Lipinski definition) is 4. The second-order valence-corrected chi connectivity index (χ2v) is 6.02. The van der Waals surface area contributed by atoms with E-state index < -0.39 is 17.6 Å². The van der Waals surface area contributed by atoms with Gasteiger partial charge in [-0.15, -0.1) is 0 Å². The maximum atomic E-state index is 13.2. The van der Waals surface area contributed by atoms with Crippen molar-refractivity contribution in [2.75, 3.05) is 18.1 Å². The van der Waals surface area contributed by atoms with Crippen molar-refractivity contribution in [1.82, 2.24) is 9.97 Å². The van der Waals surface area contributed by atoms with E-state index >= 15 is 0 Å². The van der Waals surface area contributed by atoms with E-state index in [-0.39, 0.29) is 12.6 Å². The van der Waals surface area contributed by atoms with Crippen molar-refractivity contribution in [2.24, 2.45) is 0 Å². The van der Waals surface area contributed by atoms with Crippen LogP contribution in [-0.4, -0.2) is 23.1 Å². The summed E-state index contributed by atoms with van der Waals surface area (Å²) in [4.78, 5) is 9.76. The fraction of sp³-hybridized carbons (Fsp3) is 0.474. The quantitative estimate of drug-likeness (QED) is 0.575. The molecule has 0 saturated carbocycles. The van der Waals surface area contributed by atoms with E-state index in [9.17, 15) is 13.2 Å². The molecule has 2 aromatic rings. The zero-order valence-corrected chi connectivity index (χ0v) is 15.3. The Bertz CT molecular complexity index is 702. The molecule has 0 bridgehead atoms. The van der Waals surface area contributed by atoms with Gasteiger partial charge < -0.3 is 9.64 Å². The highest BCUT2D eigenvalue weighted by molar-refractivity contribution is 5.58.